The average Bonchev–Trinajstić information content (AvgIpc) is 3.09. The lowest BCUT2D eigenvalue weighted by Crippen LogP contribution is -2.28. The van der Waals surface area contributed by atoms with Gasteiger partial charge in [0.25, 0.3) is 0 Å². The number of benzene rings is 2. The number of ether oxygens (including phenoxy) is 3. The molecular formula is C22H23F3N2O7S. The van der Waals surface area contributed by atoms with Crippen LogP contribution in [0.15, 0.2) is 41.2 Å². The van der Waals surface area contributed by atoms with Crippen LogP contribution in [0.1, 0.15) is 28.9 Å². The number of aromatic nitrogens is 2. The molecule has 0 aliphatic carbocycles. The maximum Gasteiger partial charge on any atom is 0.422 e. The molecule has 9 nitrogen and oxygen atoms in total. The Hall–Kier alpha value is -3.48. The number of H-pyrrole nitrogens is 1. The third-order valence-corrected chi connectivity index (χ3v) is 5.89. The van der Waals surface area contributed by atoms with Crippen molar-refractivity contribution >= 4 is 26.8 Å². The van der Waals surface area contributed by atoms with Gasteiger partial charge in [-0.2, -0.15) is 13.2 Å². The molecule has 190 valence electrons. The molecule has 0 radical (unpaired) electrons. The highest BCUT2D eigenvalue weighted by atomic mass is 32.2. The number of hydrogen-bond acceptors (Lipinski definition) is 7. The molecule has 1 aromatic heterocycles. The number of halogens is 3. The van der Waals surface area contributed by atoms with Crippen LogP contribution < -0.4 is 15.2 Å². The van der Waals surface area contributed by atoms with E-state index in [-0.39, 0.29) is 16.6 Å². The van der Waals surface area contributed by atoms with Crippen LogP contribution in [0.25, 0.3) is 11.0 Å². The number of fused-ring (bicyclic) bond motifs is 1. The van der Waals surface area contributed by atoms with Crippen LogP contribution in [0.2, 0.25) is 0 Å². The molecule has 0 spiro atoms. The Morgan fingerprint density at radius 3 is 2.46 bits per heavy atom. The number of alkyl halides is 3. The third kappa shape index (κ3) is 6.35. The molecule has 0 saturated heterocycles. The number of imidazole rings is 1. The van der Waals surface area contributed by atoms with E-state index >= 15 is 0 Å². The van der Waals surface area contributed by atoms with Crippen LogP contribution in [0.4, 0.5) is 13.2 Å². The summed E-state index contributed by atoms with van der Waals surface area (Å²) in [6, 6.07) is 7.33. The van der Waals surface area contributed by atoms with Crippen molar-refractivity contribution in [2.75, 3.05) is 32.3 Å². The summed E-state index contributed by atoms with van der Waals surface area (Å²) in [6.45, 7) is 0.281. The zero-order valence-electron chi connectivity index (χ0n) is 19.0. The van der Waals surface area contributed by atoms with Crippen LogP contribution in [0, 0.1) is 0 Å². The Labute approximate surface area is 198 Å². The Balaban J connectivity index is 2.16. The highest BCUT2D eigenvalue weighted by molar-refractivity contribution is 7.90. The quantitative estimate of drug-likeness (QED) is 0.435. The molecule has 0 unspecified atom stereocenters. The van der Waals surface area contributed by atoms with E-state index in [1.54, 1.807) is 25.1 Å². The number of carbonyl (C=O) groups is 1. The molecule has 1 atom stereocenters. The number of esters is 1. The number of hydrogen-bond donors (Lipinski definition) is 1. The molecule has 35 heavy (non-hydrogen) atoms. The van der Waals surface area contributed by atoms with E-state index in [0.29, 0.717) is 23.7 Å². The predicted octanol–water partition coefficient (Wildman–Crippen LogP) is 3.09. The maximum absolute atomic E-state index is 12.9. The van der Waals surface area contributed by atoms with Gasteiger partial charge in [-0.1, -0.05) is 6.07 Å². The van der Waals surface area contributed by atoms with Gasteiger partial charge < -0.3 is 19.2 Å². The molecule has 0 aliphatic rings. The second kappa shape index (κ2) is 10.0. The van der Waals surface area contributed by atoms with Crippen molar-refractivity contribution in [2.24, 2.45) is 0 Å². The molecule has 0 amide bonds. The predicted molar refractivity (Wildman–Crippen MR) is 121 cm³/mol. The van der Waals surface area contributed by atoms with Crippen LogP contribution in [-0.4, -0.2) is 62.4 Å². The van der Waals surface area contributed by atoms with Gasteiger partial charge in [0.2, 0.25) is 0 Å². The van der Waals surface area contributed by atoms with E-state index in [1.807, 2.05) is 0 Å². The number of carbonyl (C=O) groups excluding carboxylic acids is 1. The summed E-state index contributed by atoms with van der Waals surface area (Å²) in [7, 11) is -2.20. The zero-order valence-corrected chi connectivity index (χ0v) is 19.8. The number of nitrogens with zero attached hydrogens (tertiary/aromatic N) is 1. The van der Waals surface area contributed by atoms with Crippen LogP contribution in [0.3, 0.4) is 0 Å². The Morgan fingerprint density at radius 2 is 1.86 bits per heavy atom. The van der Waals surface area contributed by atoms with Crippen molar-refractivity contribution in [3.05, 3.63) is 58.0 Å². The topological polar surface area (TPSA) is 117 Å². The number of rotatable bonds is 9. The van der Waals surface area contributed by atoms with Gasteiger partial charge in [0.05, 0.1) is 42.1 Å². The largest absolute Gasteiger partial charge is 0.493 e. The number of sulfone groups is 1. The number of methoxy groups -OCH3 is 1. The smallest absolute Gasteiger partial charge is 0.422 e. The molecule has 2 aromatic carbocycles. The minimum Gasteiger partial charge on any atom is -0.493 e. The Morgan fingerprint density at radius 1 is 1.14 bits per heavy atom. The standard InChI is InChI=1S/C22H23F3N2O7S/c1-4-33-19-10-13(6-8-18(19)32-2)17(11-35(3,30)31)27-16-9-14(5-7-15(16)26-21(27)29)20(28)34-12-22(23,24)25/h5-10,17H,4,11-12H2,1-3H3,(H,26,29)/t17-/m0/s1. The summed E-state index contributed by atoms with van der Waals surface area (Å²) in [6.07, 6.45) is -3.70. The first-order valence-electron chi connectivity index (χ1n) is 10.3. The highest BCUT2D eigenvalue weighted by Crippen LogP contribution is 2.33. The monoisotopic (exact) mass is 516 g/mol. The summed E-state index contributed by atoms with van der Waals surface area (Å²) < 4.78 is 78.1. The minimum atomic E-state index is -4.71. The first-order chi connectivity index (χ1) is 16.3. The fraction of sp³-hybridized carbons (Fsp3) is 0.364. The molecule has 0 aliphatic heterocycles. The first-order valence-corrected chi connectivity index (χ1v) is 12.4. The summed E-state index contributed by atoms with van der Waals surface area (Å²) in [4.78, 5) is 27.6. The molecule has 0 fully saturated rings. The van der Waals surface area contributed by atoms with E-state index in [4.69, 9.17) is 9.47 Å². The Kier molecular flexibility index (Phi) is 7.48. The van der Waals surface area contributed by atoms with Crippen LogP contribution in [0.5, 0.6) is 11.5 Å². The van der Waals surface area contributed by atoms with E-state index in [2.05, 4.69) is 9.72 Å². The minimum absolute atomic E-state index is 0.110. The summed E-state index contributed by atoms with van der Waals surface area (Å²) in [5.41, 5.74) is -0.161. The van der Waals surface area contributed by atoms with Gasteiger partial charge in [0.1, 0.15) is 9.84 Å². The normalized spacial score (nSPS) is 13.0. The summed E-state index contributed by atoms with van der Waals surface area (Å²) in [5.74, 6) is -1.00. The maximum atomic E-state index is 12.9. The third-order valence-electron chi connectivity index (χ3n) is 4.96. The van der Waals surface area contributed by atoms with E-state index in [0.717, 1.165) is 10.8 Å². The van der Waals surface area contributed by atoms with Crippen molar-refractivity contribution < 1.29 is 40.6 Å². The fourth-order valence-electron chi connectivity index (χ4n) is 3.56. The van der Waals surface area contributed by atoms with Gasteiger partial charge in [-0.25, -0.2) is 18.0 Å². The molecule has 0 saturated carbocycles. The molecule has 1 N–H and O–H groups in total. The first kappa shape index (κ1) is 26.1. The molecule has 3 rings (SSSR count). The molecule has 3 aromatic rings. The SMILES string of the molecule is CCOc1cc([C@H](CS(C)(=O)=O)n2c(=O)[nH]c3ccc(C(=O)OCC(F)(F)F)cc32)ccc1OC. The van der Waals surface area contributed by atoms with Crippen molar-refractivity contribution in [2.45, 2.75) is 19.1 Å². The lowest BCUT2D eigenvalue weighted by atomic mass is 10.1. The van der Waals surface area contributed by atoms with Crippen molar-refractivity contribution in [3.8, 4) is 11.5 Å². The lowest BCUT2D eigenvalue weighted by Gasteiger charge is -2.20. The van der Waals surface area contributed by atoms with Gasteiger partial charge in [-0.05, 0) is 42.8 Å². The van der Waals surface area contributed by atoms with E-state index < -0.39 is 46.1 Å². The lowest BCUT2D eigenvalue weighted by molar-refractivity contribution is -0.161. The summed E-state index contributed by atoms with van der Waals surface area (Å²) >= 11 is 0. The van der Waals surface area contributed by atoms with E-state index in [9.17, 15) is 31.2 Å². The van der Waals surface area contributed by atoms with Gasteiger partial charge in [0, 0.05) is 6.26 Å². The summed E-state index contributed by atoms with van der Waals surface area (Å²) in [5, 5.41) is 0. The van der Waals surface area contributed by atoms with Gasteiger partial charge >= 0.3 is 17.8 Å². The molecule has 13 heteroatoms. The number of nitrogens with one attached hydrogen (secondary N) is 1. The van der Waals surface area contributed by atoms with Gasteiger partial charge in [-0.3, -0.25) is 4.57 Å². The van der Waals surface area contributed by atoms with Gasteiger partial charge in [-0.15, -0.1) is 0 Å². The number of aromatic amines is 1. The van der Waals surface area contributed by atoms with Crippen molar-refractivity contribution in [1.29, 1.82) is 0 Å². The highest BCUT2D eigenvalue weighted by Gasteiger charge is 2.30. The molecule has 0 bridgehead atoms. The Bertz CT molecular complexity index is 1390. The molecular weight excluding hydrogens is 493 g/mol. The van der Waals surface area contributed by atoms with E-state index in [1.165, 1.54) is 25.3 Å². The van der Waals surface area contributed by atoms with Crippen molar-refractivity contribution in [3.63, 3.8) is 0 Å². The fourth-order valence-corrected chi connectivity index (χ4v) is 4.48. The molecule has 1 heterocycles. The second-order valence-electron chi connectivity index (χ2n) is 7.67. The van der Waals surface area contributed by atoms with Gasteiger partial charge in [0.15, 0.2) is 18.1 Å². The average molecular weight is 516 g/mol. The zero-order chi connectivity index (χ0) is 26.0. The van der Waals surface area contributed by atoms with Crippen molar-refractivity contribution in [1.82, 2.24) is 9.55 Å². The van der Waals surface area contributed by atoms with Crippen LogP contribution >= 0.6 is 0 Å². The van der Waals surface area contributed by atoms with Crippen LogP contribution in [-0.2, 0) is 14.6 Å². The second-order valence-corrected chi connectivity index (χ2v) is 9.86.